The number of hydrogen-bond acceptors (Lipinski definition) is 4. The van der Waals surface area contributed by atoms with Crippen LogP contribution in [0.2, 0.25) is 0 Å². The third-order valence-electron chi connectivity index (χ3n) is 4.17. The number of benzene rings is 1. The molecule has 0 aliphatic heterocycles. The number of nitrogens with two attached hydrogens (primary N) is 1. The van der Waals surface area contributed by atoms with Crippen LogP contribution in [0, 0.1) is 5.92 Å². The van der Waals surface area contributed by atoms with Gasteiger partial charge in [-0.3, -0.25) is 0 Å². The molecule has 0 bridgehead atoms. The molecule has 0 amide bonds. The van der Waals surface area contributed by atoms with Crippen molar-refractivity contribution in [3.05, 3.63) is 23.8 Å². The summed E-state index contributed by atoms with van der Waals surface area (Å²) < 4.78 is 11.4. The highest BCUT2D eigenvalue weighted by molar-refractivity contribution is 5.97. The molecule has 1 aliphatic rings. The van der Waals surface area contributed by atoms with Gasteiger partial charge >= 0.3 is 0 Å². The van der Waals surface area contributed by atoms with Crippen LogP contribution in [-0.2, 0) is 0 Å². The molecular weight excluding hydrogens is 268 g/mol. The van der Waals surface area contributed by atoms with E-state index in [1.165, 1.54) is 19.3 Å². The third kappa shape index (κ3) is 3.80. The number of amidine groups is 1. The van der Waals surface area contributed by atoms with E-state index in [1.807, 2.05) is 6.07 Å². The van der Waals surface area contributed by atoms with Crippen molar-refractivity contribution in [3.8, 4) is 11.5 Å². The largest absolute Gasteiger partial charge is 0.497 e. The summed E-state index contributed by atoms with van der Waals surface area (Å²) in [6, 6.07) is 5.36. The van der Waals surface area contributed by atoms with Gasteiger partial charge in [0, 0.05) is 11.6 Å². The average molecular weight is 292 g/mol. The SMILES string of the molecule is CCC1CCCCC1Oc1cc(OC)cc(/C(N)=N/O)c1. The molecule has 0 heterocycles. The van der Waals surface area contributed by atoms with Crippen LogP contribution in [0.4, 0.5) is 0 Å². The molecule has 1 saturated carbocycles. The lowest BCUT2D eigenvalue weighted by atomic mass is 9.85. The third-order valence-corrected chi connectivity index (χ3v) is 4.17. The van der Waals surface area contributed by atoms with Crippen LogP contribution < -0.4 is 15.2 Å². The quantitative estimate of drug-likeness (QED) is 0.378. The van der Waals surface area contributed by atoms with E-state index in [-0.39, 0.29) is 11.9 Å². The first kappa shape index (κ1) is 15.5. The van der Waals surface area contributed by atoms with Gasteiger partial charge in [0.15, 0.2) is 5.84 Å². The van der Waals surface area contributed by atoms with Gasteiger partial charge in [-0.15, -0.1) is 0 Å². The Kier molecular flexibility index (Phi) is 5.31. The maximum absolute atomic E-state index is 8.83. The van der Waals surface area contributed by atoms with E-state index in [0.29, 0.717) is 23.0 Å². The van der Waals surface area contributed by atoms with Crippen LogP contribution in [0.1, 0.15) is 44.6 Å². The van der Waals surface area contributed by atoms with Crippen LogP contribution in [-0.4, -0.2) is 24.3 Å². The summed E-state index contributed by atoms with van der Waals surface area (Å²) in [5.74, 6) is 1.99. The first-order valence-electron chi connectivity index (χ1n) is 7.51. The predicted molar refractivity (Wildman–Crippen MR) is 82.2 cm³/mol. The molecule has 0 saturated heterocycles. The van der Waals surface area contributed by atoms with E-state index < -0.39 is 0 Å². The molecule has 5 nitrogen and oxygen atoms in total. The van der Waals surface area contributed by atoms with Crippen LogP contribution in [0.5, 0.6) is 11.5 Å². The van der Waals surface area contributed by atoms with Crippen LogP contribution >= 0.6 is 0 Å². The first-order chi connectivity index (χ1) is 10.2. The fraction of sp³-hybridized carbons (Fsp3) is 0.562. The standard InChI is InChI=1S/C16H24N2O3/c1-3-11-6-4-5-7-15(11)21-14-9-12(16(17)18-19)8-13(10-14)20-2/h8-11,15,19H,3-7H2,1-2H3,(H2,17,18). The molecule has 1 aliphatic carbocycles. The minimum absolute atomic E-state index is 0.0504. The topological polar surface area (TPSA) is 77.1 Å². The molecule has 5 heteroatoms. The predicted octanol–water partition coefficient (Wildman–Crippen LogP) is 3.14. The summed E-state index contributed by atoms with van der Waals surface area (Å²) >= 11 is 0. The van der Waals surface area contributed by atoms with E-state index in [9.17, 15) is 0 Å². The molecule has 0 radical (unpaired) electrons. The fourth-order valence-electron chi connectivity index (χ4n) is 2.93. The van der Waals surface area contributed by atoms with Crippen molar-refractivity contribution in [1.82, 2.24) is 0 Å². The zero-order valence-electron chi connectivity index (χ0n) is 12.7. The van der Waals surface area contributed by atoms with E-state index >= 15 is 0 Å². The number of ether oxygens (including phenoxy) is 2. The van der Waals surface area contributed by atoms with Crippen LogP contribution in [0.25, 0.3) is 0 Å². The Bertz CT molecular complexity index is 502. The summed E-state index contributed by atoms with van der Waals surface area (Å²) in [6.07, 6.45) is 6.15. The van der Waals surface area contributed by atoms with Crippen molar-refractivity contribution in [2.45, 2.75) is 45.1 Å². The Hall–Kier alpha value is -1.91. The minimum Gasteiger partial charge on any atom is -0.497 e. The lowest BCUT2D eigenvalue weighted by molar-refractivity contribution is 0.0901. The van der Waals surface area contributed by atoms with Crippen molar-refractivity contribution in [2.75, 3.05) is 7.11 Å². The van der Waals surface area contributed by atoms with Crippen molar-refractivity contribution in [3.63, 3.8) is 0 Å². The molecule has 2 rings (SSSR count). The highest BCUT2D eigenvalue weighted by Gasteiger charge is 2.25. The number of oxime groups is 1. The second-order valence-corrected chi connectivity index (χ2v) is 5.49. The van der Waals surface area contributed by atoms with Gasteiger partial charge < -0.3 is 20.4 Å². The molecule has 1 fully saturated rings. The normalized spacial score (nSPS) is 22.9. The second kappa shape index (κ2) is 7.20. The van der Waals surface area contributed by atoms with Gasteiger partial charge in [-0.25, -0.2) is 0 Å². The number of methoxy groups -OCH3 is 1. The molecule has 21 heavy (non-hydrogen) atoms. The second-order valence-electron chi connectivity index (χ2n) is 5.49. The number of nitrogens with zero attached hydrogens (tertiary/aromatic N) is 1. The van der Waals surface area contributed by atoms with E-state index in [1.54, 1.807) is 19.2 Å². The van der Waals surface area contributed by atoms with Crippen molar-refractivity contribution < 1.29 is 14.7 Å². The molecule has 1 aromatic carbocycles. The maximum atomic E-state index is 8.83. The molecular formula is C16H24N2O3. The van der Waals surface area contributed by atoms with Gasteiger partial charge in [0.1, 0.15) is 17.6 Å². The van der Waals surface area contributed by atoms with Gasteiger partial charge in [-0.05, 0) is 43.7 Å². The van der Waals surface area contributed by atoms with Crippen LogP contribution in [0.15, 0.2) is 23.4 Å². The Morgan fingerprint density at radius 1 is 1.29 bits per heavy atom. The molecule has 0 spiro atoms. The Balaban J connectivity index is 2.22. The fourth-order valence-corrected chi connectivity index (χ4v) is 2.93. The molecule has 3 N–H and O–H groups in total. The molecule has 116 valence electrons. The van der Waals surface area contributed by atoms with Gasteiger partial charge in [0.05, 0.1) is 7.11 Å². The summed E-state index contributed by atoms with van der Waals surface area (Å²) in [5.41, 5.74) is 6.26. The molecule has 0 aromatic heterocycles. The maximum Gasteiger partial charge on any atom is 0.170 e. The molecule has 2 unspecified atom stereocenters. The van der Waals surface area contributed by atoms with E-state index in [2.05, 4.69) is 12.1 Å². The summed E-state index contributed by atoms with van der Waals surface area (Å²) in [5, 5.41) is 11.9. The average Bonchev–Trinajstić information content (AvgIpc) is 2.54. The lowest BCUT2D eigenvalue weighted by Crippen LogP contribution is -2.30. The summed E-state index contributed by atoms with van der Waals surface area (Å²) in [4.78, 5) is 0. The summed E-state index contributed by atoms with van der Waals surface area (Å²) in [7, 11) is 1.59. The zero-order valence-corrected chi connectivity index (χ0v) is 12.7. The molecule has 1 aromatic rings. The lowest BCUT2D eigenvalue weighted by Gasteiger charge is -2.31. The van der Waals surface area contributed by atoms with Gasteiger partial charge in [0.25, 0.3) is 0 Å². The van der Waals surface area contributed by atoms with Gasteiger partial charge in [-0.2, -0.15) is 0 Å². The number of rotatable bonds is 5. The van der Waals surface area contributed by atoms with Crippen molar-refractivity contribution in [1.29, 1.82) is 0 Å². The van der Waals surface area contributed by atoms with Crippen molar-refractivity contribution >= 4 is 5.84 Å². The minimum atomic E-state index is 0.0504. The summed E-state index contributed by atoms with van der Waals surface area (Å²) in [6.45, 7) is 2.21. The van der Waals surface area contributed by atoms with Crippen molar-refractivity contribution in [2.24, 2.45) is 16.8 Å². The van der Waals surface area contributed by atoms with Crippen LogP contribution in [0.3, 0.4) is 0 Å². The Morgan fingerprint density at radius 3 is 2.67 bits per heavy atom. The smallest absolute Gasteiger partial charge is 0.170 e. The van der Waals surface area contributed by atoms with Gasteiger partial charge in [-0.1, -0.05) is 18.5 Å². The van der Waals surface area contributed by atoms with E-state index in [4.69, 9.17) is 20.4 Å². The first-order valence-corrected chi connectivity index (χ1v) is 7.51. The monoisotopic (exact) mass is 292 g/mol. The highest BCUT2D eigenvalue weighted by Crippen LogP contribution is 2.32. The number of hydrogen-bond donors (Lipinski definition) is 2. The zero-order chi connectivity index (χ0) is 15.2. The van der Waals surface area contributed by atoms with E-state index in [0.717, 1.165) is 12.8 Å². The highest BCUT2D eigenvalue weighted by atomic mass is 16.5. The van der Waals surface area contributed by atoms with Gasteiger partial charge in [0.2, 0.25) is 0 Å². The Morgan fingerprint density at radius 2 is 2.00 bits per heavy atom. The molecule has 2 atom stereocenters. The Labute approximate surface area is 125 Å².